The van der Waals surface area contributed by atoms with Crippen molar-refractivity contribution in [2.45, 2.75) is 0 Å². The molecule has 0 fully saturated rings. The molecule has 4 nitrogen and oxygen atoms in total. The second kappa shape index (κ2) is 5.10. The van der Waals surface area contributed by atoms with Crippen molar-refractivity contribution in [3.05, 3.63) is 47.0 Å². The molecule has 6 heteroatoms. The summed E-state index contributed by atoms with van der Waals surface area (Å²) in [6.07, 6.45) is 1.46. The third-order valence-corrected chi connectivity index (χ3v) is 2.52. The number of rotatable bonds is 2. The second-order valence-electron chi connectivity index (χ2n) is 3.45. The van der Waals surface area contributed by atoms with Crippen molar-refractivity contribution in [2.24, 2.45) is 0 Å². The minimum absolute atomic E-state index is 0.116. The van der Waals surface area contributed by atoms with Gasteiger partial charge < -0.3 is 4.74 Å². The average molecular weight is 267 g/mol. The Morgan fingerprint density at radius 3 is 2.72 bits per heavy atom. The molecule has 0 atom stereocenters. The van der Waals surface area contributed by atoms with E-state index in [1.807, 2.05) is 0 Å². The summed E-state index contributed by atoms with van der Waals surface area (Å²) < 4.78 is 18.2. The largest absolute Gasteiger partial charge is 0.465 e. The number of benzene rings is 1. The molecule has 0 N–H and O–H groups in total. The lowest BCUT2D eigenvalue weighted by molar-refractivity contribution is 0.0595. The molecule has 0 spiro atoms. The number of halogens is 2. The molecule has 0 aliphatic heterocycles. The second-order valence-corrected chi connectivity index (χ2v) is 3.84. The molecular weight excluding hydrogens is 259 g/mol. The van der Waals surface area contributed by atoms with E-state index in [1.165, 1.54) is 25.4 Å². The standard InChI is InChI=1S/C12H8ClFN2O2/c1-18-12(17)9-3-2-7(4-10(9)14)8-5-11(13)16-15-6-8/h2-6H,1H3. The molecule has 0 saturated carbocycles. The van der Waals surface area contributed by atoms with Gasteiger partial charge in [-0.05, 0) is 23.8 Å². The molecule has 2 rings (SSSR count). The van der Waals surface area contributed by atoms with E-state index >= 15 is 0 Å². The van der Waals surface area contributed by atoms with Crippen molar-refractivity contribution in [3.8, 4) is 11.1 Å². The molecule has 1 aromatic heterocycles. The number of ether oxygens (including phenoxy) is 1. The van der Waals surface area contributed by atoms with Gasteiger partial charge in [0, 0.05) is 5.56 Å². The Labute approximate surface area is 107 Å². The van der Waals surface area contributed by atoms with E-state index in [-0.39, 0.29) is 10.7 Å². The van der Waals surface area contributed by atoms with E-state index < -0.39 is 11.8 Å². The Hall–Kier alpha value is -2.01. The summed E-state index contributed by atoms with van der Waals surface area (Å²) in [7, 11) is 1.20. The normalized spacial score (nSPS) is 10.2. The van der Waals surface area contributed by atoms with Gasteiger partial charge in [0.1, 0.15) is 5.82 Å². The number of esters is 1. The lowest BCUT2D eigenvalue weighted by atomic mass is 10.1. The Kier molecular flexibility index (Phi) is 3.53. The summed E-state index contributed by atoms with van der Waals surface area (Å²) in [5.74, 6) is -1.38. The summed E-state index contributed by atoms with van der Waals surface area (Å²) in [5, 5.41) is 7.48. The molecule has 92 valence electrons. The van der Waals surface area contributed by atoms with Crippen molar-refractivity contribution in [2.75, 3.05) is 7.11 Å². The fourth-order valence-corrected chi connectivity index (χ4v) is 1.63. The van der Waals surface area contributed by atoms with Crippen molar-refractivity contribution in [1.82, 2.24) is 10.2 Å². The zero-order valence-electron chi connectivity index (χ0n) is 9.35. The maximum Gasteiger partial charge on any atom is 0.340 e. The van der Waals surface area contributed by atoms with Gasteiger partial charge in [-0.1, -0.05) is 17.7 Å². The van der Waals surface area contributed by atoms with Gasteiger partial charge in [0.25, 0.3) is 0 Å². The summed E-state index contributed by atoms with van der Waals surface area (Å²) >= 11 is 5.70. The molecule has 1 heterocycles. The van der Waals surface area contributed by atoms with Crippen LogP contribution in [-0.2, 0) is 4.74 Å². The van der Waals surface area contributed by atoms with Gasteiger partial charge in [-0.2, -0.15) is 5.10 Å². The third-order valence-electron chi connectivity index (χ3n) is 2.33. The number of carbonyl (C=O) groups excluding carboxylic acids is 1. The van der Waals surface area contributed by atoms with Crippen molar-refractivity contribution < 1.29 is 13.9 Å². The molecule has 18 heavy (non-hydrogen) atoms. The van der Waals surface area contributed by atoms with Gasteiger partial charge in [0.2, 0.25) is 0 Å². The summed E-state index contributed by atoms with van der Waals surface area (Å²) in [6.45, 7) is 0. The summed E-state index contributed by atoms with van der Waals surface area (Å²) in [5.41, 5.74) is 1.05. The zero-order chi connectivity index (χ0) is 13.1. The van der Waals surface area contributed by atoms with Crippen LogP contribution in [0.4, 0.5) is 4.39 Å². The lowest BCUT2D eigenvalue weighted by Gasteiger charge is -2.04. The minimum atomic E-state index is -0.718. The van der Waals surface area contributed by atoms with Crippen LogP contribution in [0, 0.1) is 5.82 Å². The maximum atomic E-state index is 13.7. The van der Waals surface area contributed by atoms with Crippen molar-refractivity contribution >= 4 is 17.6 Å². The molecule has 0 aliphatic carbocycles. The predicted molar refractivity (Wildman–Crippen MR) is 63.8 cm³/mol. The van der Waals surface area contributed by atoms with Gasteiger partial charge >= 0.3 is 5.97 Å². The zero-order valence-corrected chi connectivity index (χ0v) is 10.1. The van der Waals surface area contributed by atoms with E-state index in [0.29, 0.717) is 11.1 Å². The van der Waals surface area contributed by atoms with Crippen LogP contribution in [-0.4, -0.2) is 23.3 Å². The van der Waals surface area contributed by atoms with E-state index in [4.69, 9.17) is 11.6 Å². The first-order valence-electron chi connectivity index (χ1n) is 4.98. The third kappa shape index (κ3) is 2.46. The first-order chi connectivity index (χ1) is 8.61. The molecule has 0 saturated heterocycles. The topological polar surface area (TPSA) is 52.1 Å². The Morgan fingerprint density at radius 2 is 2.11 bits per heavy atom. The van der Waals surface area contributed by atoms with Gasteiger partial charge in [-0.25, -0.2) is 9.18 Å². The summed E-state index contributed by atoms with van der Waals surface area (Å²) in [4.78, 5) is 11.2. The molecule has 1 aromatic carbocycles. The SMILES string of the molecule is COC(=O)c1ccc(-c2cnnc(Cl)c2)cc1F. The first kappa shape index (κ1) is 12.4. The smallest absolute Gasteiger partial charge is 0.340 e. The summed E-state index contributed by atoms with van der Waals surface area (Å²) in [6, 6.07) is 5.72. The fourth-order valence-electron chi connectivity index (χ4n) is 1.47. The molecule has 0 bridgehead atoms. The van der Waals surface area contributed by atoms with Crippen LogP contribution in [0.15, 0.2) is 30.5 Å². The highest BCUT2D eigenvalue weighted by Gasteiger charge is 2.13. The monoisotopic (exact) mass is 266 g/mol. The average Bonchev–Trinajstić information content (AvgIpc) is 2.37. The number of hydrogen-bond donors (Lipinski definition) is 0. The van der Waals surface area contributed by atoms with Gasteiger partial charge in [-0.3, -0.25) is 0 Å². The van der Waals surface area contributed by atoms with E-state index in [9.17, 15) is 9.18 Å². The quantitative estimate of drug-likeness (QED) is 0.784. The van der Waals surface area contributed by atoms with Crippen LogP contribution in [0.5, 0.6) is 0 Å². The lowest BCUT2D eigenvalue weighted by Crippen LogP contribution is -2.04. The molecular formula is C12H8ClFN2O2. The molecule has 0 aliphatic rings. The van der Waals surface area contributed by atoms with E-state index in [1.54, 1.807) is 12.1 Å². The number of aromatic nitrogens is 2. The number of hydrogen-bond acceptors (Lipinski definition) is 4. The highest BCUT2D eigenvalue weighted by atomic mass is 35.5. The van der Waals surface area contributed by atoms with Crippen LogP contribution in [0.3, 0.4) is 0 Å². The van der Waals surface area contributed by atoms with Crippen LogP contribution in [0.25, 0.3) is 11.1 Å². The Balaban J connectivity index is 2.43. The van der Waals surface area contributed by atoms with Crippen LogP contribution < -0.4 is 0 Å². The first-order valence-corrected chi connectivity index (χ1v) is 5.36. The van der Waals surface area contributed by atoms with Gasteiger partial charge in [0.05, 0.1) is 18.9 Å². The maximum absolute atomic E-state index is 13.7. The minimum Gasteiger partial charge on any atom is -0.465 e. The molecule has 0 amide bonds. The van der Waals surface area contributed by atoms with Gasteiger partial charge in [0.15, 0.2) is 5.15 Å². The highest BCUT2D eigenvalue weighted by Crippen LogP contribution is 2.23. The van der Waals surface area contributed by atoms with Crippen molar-refractivity contribution in [3.63, 3.8) is 0 Å². The number of methoxy groups -OCH3 is 1. The molecule has 0 unspecified atom stereocenters. The predicted octanol–water partition coefficient (Wildman–Crippen LogP) is 2.72. The van der Waals surface area contributed by atoms with Crippen molar-refractivity contribution in [1.29, 1.82) is 0 Å². The van der Waals surface area contributed by atoms with Crippen LogP contribution in [0.1, 0.15) is 10.4 Å². The molecule has 2 aromatic rings. The van der Waals surface area contributed by atoms with Crippen LogP contribution in [0.2, 0.25) is 5.15 Å². The van der Waals surface area contributed by atoms with E-state index in [0.717, 1.165) is 0 Å². The van der Waals surface area contributed by atoms with Crippen LogP contribution >= 0.6 is 11.6 Å². The van der Waals surface area contributed by atoms with E-state index in [2.05, 4.69) is 14.9 Å². The Bertz CT molecular complexity index is 604. The fraction of sp³-hybridized carbons (Fsp3) is 0.0833. The number of carbonyl (C=O) groups is 1. The van der Waals surface area contributed by atoms with Gasteiger partial charge in [-0.15, -0.1) is 5.10 Å². The highest BCUT2D eigenvalue weighted by molar-refractivity contribution is 6.29. The number of nitrogens with zero attached hydrogens (tertiary/aromatic N) is 2. The molecule has 0 radical (unpaired) electrons. The Morgan fingerprint density at radius 1 is 1.33 bits per heavy atom.